The van der Waals surface area contributed by atoms with Gasteiger partial charge in [-0.15, -0.1) is 0 Å². The van der Waals surface area contributed by atoms with Crippen molar-refractivity contribution in [3.63, 3.8) is 0 Å². The highest BCUT2D eigenvalue weighted by Gasteiger charge is 2.13. The van der Waals surface area contributed by atoms with E-state index >= 15 is 0 Å². The molecule has 0 amide bonds. The van der Waals surface area contributed by atoms with Crippen molar-refractivity contribution in [1.82, 2.24) is 9.27 Å². The van der Waals surface area contributed by atoms with Crippen molar-refractivity contribution in [2.45, 2.75) is 0 Å². The Hall–Kier alpha value is -1.05. The average molecular weight is 258 g/mol. The quantitative estimate of drug-likeness (QED) is 0.800. The monoisotopic (exact) mass is 258 g/mol. The van der Waals surface area contributed by atoms with Gasteiger partial charge in [0.25, 0.3) is 0 Å². The Labute approximate surface area is 105 Å². The number of nitrogens with one attached hydrogen (secondary N) is 1. The summed E-state index contributed by atoms with van der Waals surface area (Å²) in [5, 5.41) is 4.20. The molecule has 2 heterocycles. The van der Waals surface area contributed by atoms with Crippen molar-refractivity contribution in [2.24, 2.45) is 0 Å². The highest BCUT2D eigenvalue weighted by Crippen LogP contribution is 2.34. The van der Waals surface area contributed by atoms with E-state index in [2.05, 4.69) is 14.6 Å². The highest BCUT2D eigenvalue weighted by molar-refractivity contribution is 7.11. The second kappa shape index (κ2) is 6.04. The molecule has 0 aromatic carbocycles. The number of nitrogen functional groups attached to an aromatic ring is 1. The predicted molar refractivity (Wildman–Crippen MR) is 68.8 cm³/mol. The maximum Gasteiger partial charge on any atom is 0.197 e. The number of rotatable bonds is 5. The van der Waals surface area contributed by atoms with Gasteiger partial charge in [-0.3, -0.25) is 4.90 Å². The Balaban J connectivity index is 1.77. The molecule has 0 unspecified atom stereocenters. The Morgan fingerprint density at radius 2 is 2.29 bits per heavy atom. The normalized spacial score (nSPS) is 17.0. The van der Waals surface area contributed by atoms with Crippen LogP contribution in [0.3, 0.4) is 0 Å². The molecule has 0 radical (unpaired) electrons. The third kappa shape index (κ3) is 3.21. The number of hydrogen-bond donors (Lipinski definition) is 2. The van der Waals surface area contributed by atoms with E-state index in [1.807, 2.05) is 0 Å². The van der Waals surface area contributed by atoms with Crippen molar-refractivity contribution in [2.75, 3.05) is 57.6 Å². The van der Waals surface area contributed by atoms with E-state index in [-0.39, 0.29) is 0 Å². The fourth-order valence-electron chi connectivity index (χ4n) is 1.76. The number of methoxy groups -OCH3 is 1. The summed E-state index contributed by atoms with van der Waals surface area (Å²) in [4.78, 5) is 2.37. The van der Waals surface area contributed by atoms with Crippen LogP contribution < -0.4 is 15.8 Å². The van der Waals surface area contributed by atoms with Gasteiger partial charge in [0, 0.05) is 26.2 Å². The highest BCUT2D eigenvalue weighted by atomic mass is 32.1. The molecule has 7 heteroatoms. The van der Waals surface area contributed by atoms with Crippen molar-refractivity contribution < 1.29 is 9.47 Å². The number of nitrogens with two attached hydrogens (primary N) is 1. The van der Waals surface area contributed by atoms with Crippen LogP contribution in [0.25, 0.3) is 0 Å². The van der Waals surface area contributed by atoms with E-state index in [9.17, 15) is 0 Å². The van der Waals surface area contributed by atoms with Gasteiger partial charge >= 0.3 is 0 Å². The Morgan fingerprint density at radius 3 is 3.00 bits per heavy atom. The van der Waals surface area contributed by atoms with Crippen molar-refractivity contribution in [3.05, 3.63) is 0 Å². The van der Waals surface area contributed by atoms with E-state index in [0.29, 0.717) is 11.6 Å². The van der Waals surface area contributed by atoms with Crippen LogP contribution in [0.2, 0.25) is 0 Å². The summed E-state index contributed by atoms with van der Waals surface area (Å²) in [5.74, 6) is 1.10. The lowest BCUT2D eigenvalue weighted by molar-refractivity contribution is 0.0398. The standard InChI is InChI=1S/C10H18N4O2S/c1-15-8-9(11)13-17-10(8)12-2-3-14-4-6-16-7-5-14/h12H,2-7H2,1H3,(H2,11,13). The van der Waals surface area contributed by atoms with Crippen LogP contribution in [0.5, 0.6) is 5.75 Å². The fourth-order valence-corrected chi connectivity index (χ4v) is 2.47. The summed E-state index contributed by atoms with van der Waals surface area (Å²) in [6.07, 6.45) is 0. The van der Waals surface area contributed by atoms with Crippen LogP contribution in [-0.2, 0) is 4.74 Å². The first kappa shape index (κ1) is 12.4. The molecule has 0 aliphatic carbocycles. The maximum absolute atomic E-state index is 5.67. The van der Waals surface area contributed by atoms with Crippen LogP contribution >= 0.6 is 11.5 Å². The van der Waals surface area contributed by atoms with Gasteiger partial charge in [-0.1, -0.05) is 0 Å². The molecular formula is C10H18N4O2S. The lowest BCUT2D eigenvalue weighted by atomic mass is 10.4. The summed E-state index contributed by atoms with van der Waals surface area (Å²) in [7, 11) is 1.60. The molecule has 1 aliphatic rings. The molecule has 1 saturated heterocycles. The molecular weight excluding hydrogens is 240 g/mol. The molecule has 6 nitrogen and oxygen atoms in total. The summed E-state index contributed by atoms with van der Waals surface area (Å²) in [5.41, 5.74) is 5.67. The minimum Gasteiger partial charge on any atom is -0.490 e. The van der Waals surface area contributed by atoms with Gasteiger partial charge in [0.2, 0.25) is 0 Å². The second-order valence-corrected chi connectivity index (χ2v) is 4.58. The van der Waals surface area contributed by atoms with Gasteiger partial charge in [0.1, 0.15) is 0 Å². The summed E-state index contributed by atoms with van der Waals surface area (Å²) < 4.78 is 14.5. The lowest BCUT2D eigenvalue weighted by Crippen LogP contribution is -2.38. The number of aromatic nitrogens is 1. The molecule has 0 spiro atoms. The zero-order valence-electron chi connectivity index (χ0n) is 9.94. The number of ether oxygens (including phenoxy) is 2. The maximum atomic E-state index is 5.67. The molecule has 96 valence electrons. The van der Waals surface area contributed by atoms with Gasteiger partial charge < -0.3 is 20.5 Å². The zero-order chi connectivity index (χ0) is 12.1. The SMILES string of the molecule is COc1c(N)nsc1NCCN1CCOCC1. The Morgan fingerprint density at radius 1 is 1.53 bits per heavy atom. The van der Waals surface area contributed by atoms with E-state index < -0.39 is 0 Å². The molecule has 1 aliphatic heterocycles. The van der Waals surface area contributed by atoms with E-state index in [1.165, 1.54) is 11.5 Å². The largest absolute Gasteiger partial charge is 0.490 e. The van der Waals surface area contributed by atoms with Gasteiger partial charge in [0.05, 0.1) is 20.3 Å². The van der Waals surface area contributed by atoms with Gasteiger partial charge in [0.15, 0.2) is 16.6 Å². The third-order valence-electron chi connectivity index (χ3n) is 2.70. The second-order valence-electron chi connectivity index (χ2n) is 3.81. The van der Waals surface area contributed by atoms with Crippen LogP contribution in [-0.4, -0.2) is 55.8 Å². The van der Waals surface area contributed by atoms with Crippen LogP contribution in [0.15, 0.2) is 0 Å². The molecule has 0 bridgehead atoms. The molecule has 1 aromatic heterocycles. The predicted octanol–water partition coefficient (Wildman–Crippen LogP) is 0.478. The fraction of sp³-hybridized carbons (Fsp3) is 0.700. The minimum absolute atomic E-state index is 0.450. The Kier molecular flexibility index (Phi) is 4.41. The molecule has 0 saturated carbocycles. The van der Waals surface area contributed by atoms with Crippen LogP contribution in [0, 0.1) is 0 Å². The number of anilines is 2. The first-order valence-electron chi connectivity index (χ1n) is 5.64. The zero-order valence-corrected chi connectivity index (χ0v) is 10.8. The topological polar surface area (TPSA) is 72.6 Å². The van der Waals surface area contributed by atoms with Crippen molar-refractivity contribution >= 4 is 22.4 Å². The third-order valence-corrected chi connectivity index (χ3v) is 3.50. The van der Waals surface area contributed by atoms with Crippen molar-refractivity contribution in [1.29, 1.82) is 0 Å². The van der Waals surface area contributed by atoms with E-state index in [0.717, 1.165) is 44.4 Å². The van der Waals surface area contributed by atoms with Crippen LogP contribution in [0.4, 0.5) is 10.8 Å². The van der Waals surface area contributed by atoms with Gasteiger partial charge in [-0.2, -0.15) is 4.37 Å². The van der Waals surface area contributed by atoms with Gasteiger partial charge in [-0.25, -0.2) is 0 Å². The molecule has 3 N–H and O–H groups in total. The molecule has 1 fully saturated rings. The van der Waals surface area contributed by atoms with E-state index in [1.54, 1.807) is 7.11 Å². The van der Waals surface area contributed by atoms with Gasteiger partial charge in [-0.05, 0) is 11.5 Å². The Bertz CT molecular complexity index is 352. The smallest absolute Gasteiger partial charge is 0.197 e. The minimum atomic E-state index is 0.450. The van der Waals surface area contributed by atoms with E-state index in [4.69, 9.17) is 15.2 Å². The number of hydrogen-bond acceptors (Lipinski definition) is 7. The molecule has 17 heavy (non-hydrogen) atoms. The molecule has 1 aromatic rings. The molecule has 2 rings (SSSR count). The first-order chi connectivity index (χ1) is 8.31. The first-order valence-corrected chi connectivity index (χ1v) is 6.41. The summed E-state index contributed by atoms with van der Waals surface area (Å²) in [6, 6.07) is 0. The number of morpholine rings is 1. The lowest BCUT2D eigenvalue weighted by Gasteiger charge is -2.26. The summed E-state index contributed by atoms with van der Waals surface area (Å²) in [6.45, 7) is 5.52. The summed E-state index contributed by atoms with van der Waals surface area (Å²) >= 11 is 1.33. The average Bonchev–Trinajstić information content (AvgIpc) is 2.71. The molecule has 0 atom stereocenters. The van der Waals surface area contributed by atoms with Crippen LogP contribution in [0.1, 0.15) is 0 Å². The van der Waals surface area contributed by atoms with Crippen molar-refractivity contribution in [3.8, 4) is 5.75 Å². The number of nitrogens with zero attached hydrogens (tertiary/aromatic N) is 2.